The van der Waals surface area contributed by atoms with E-state index in [1.807, 2.05) is 17.9 Å². The molecule has 1 aromatic carbocycles. The normalized spacial score (nSPS) is 18.2. The first-order valence-corrected chi connectivity index (χ1v) is 7.25. The largest absolute Gasteiger partial charge is 0.274 e. The second-order valence-electron chi connectivity index (χ2n) is 4.86. The van der Waals surface area contributed by atoms with Crippen molar-refractivity contribution < 1.29 is 4.79 Å². The Morgan fingerprint density at radius 3 is 2.72 bits per heavy atom. The molecular formula is C15H19NOS. The van der Waals surface area contributed by atoms with E-state index in [0.29, 0.717) is 11.7 Å². The summed E-state index contributed by atoms with van der Waals surface area (Å²) in [5.74, 6) is 1.14. The Labute approximate surface area is 113 Å². The van der Waals surface area contributed by atoms with Crippen LogP contribution in [0.2, 0.25) is 0 Å². The number of aryl methyl sites for hydroxylation is 1. The molecule has 96 valence electrons. The number of thioether (sulfide) groups is 1. The van der Waals surface area contributed by atoms with Gasteiger partial charge in [-0.25, -0.2) is 0 Å². The Hall–Kier alpha value is -1.22. The Morgan fingerprint density at radius 1 is 1.39 bits per heavy atom. The lowest BCUT2D eigenvalue weighted by molar-refractivity contribution is -0.115. The maximum absolute atomic E-state index is 12.1. The van der Waals surface area contributed by atoms with Gasteiger partial charge in [0.25, 0.3) is 0 Å². The fourth-order valence-corrected chi connectivity index (χ4v) is 3.09. The zero-order chi connectivity index (χ0) is 13.3. The highest BCUT2D eigenvalue weighted by Gasteiger charge is 2.29. The second-order valence-corrected chi connectivity index (χ2v) is 5.86. The van der Waals surface area contributed by atoms with E-state index in [0.717, 1.165) is 10.7 Å². The summed E-state index contributed by atoms with van der Waals surface area (Å²) in [5, 5.41) is 1.05. The number of nitrogens with zero attached hydrogens (tertiary/aromatic N) is 1. The summed E-state index contributed by atoms with van der Waals surface area (Å²) in [5.41, 5.74) is 3.47. The molecule has 1 aliphatic heterocycles. The van der Waals surface area contributed by atoms with E-state index in [1.165, 1.54) is 11.1 Å². The van der Waals surface area contributed by atoms with Gasteiger partial charge in [0.1, 0.15) is 0 Å². The smallest absolute Gasteiger partial charge is 0.242 e. The molecule has 1 amide bonds. The Balaban J connectivity index is 2.55. The molecule has 0 atom stereocenters. The highest BCUT2D eigenvalue weighted by Crippen LogP contribution is 2.38. The number of allylic oxidation sites excluding steroid dienone is 1. The van der Waals surface area contributed by atoms with Gasteiger partial charge in [-0.2, -0.15) is 0 Å². The zero-order valence-electron chi connectivity index (χ0n) is 11.4. The van der Waals surface area contributed by atoms with Crippen molar-refractivity contribution >= 4 is 23.4 Å². The molecule has 0 saturated carbocycles. The molecule has 0 aromatic heterocycles. The molecule has 1 aliphatic rings. The number of carbonyl (C=O) groups excluding carboxylic acids is 1. The fourth-order valence-electron chi connectivity index (χ4n) is 2.19. The van der Waals surface area contributed by atoms with E-state index in [1.54, 1.807) is 11.8 Å². The number of hydrogen-bond acceptors (Lipinski definition) is 2. The van der Waals surface area contributed by atoms with Crippen LogP contribution in [0.4, 0.5) is 5.69 Å². The topological polar surface area (TPSA) is 20.3 Å². The molecular weight excluding hydrogens is 242 g/mol. The van der Waals surface area contributed by atoms with E-state index in [-0.39, 0.29) is 5.91 Å². The fraction of sp³-hybridized carbons (Fsp3) is 0.400. The maximum atomic E-state index is 12.1. The van der Waals surface area contributed by atoms with Crippen molar-refractivity contribution in [3.05, 3.63) is 40.4 Å². The van der Waals surface area contributed by atoms with Gasteiger partial charge in [-0.3, -0.25) is 9.69 Å². The summed E-state index contributed by atoms with van der Waals surface area (Å²) in [6, 6.07) is 6.36. The number of hydrogen-bond donors (Lipinski definition) is 0. The highest BCUT2D eigenvalue weighted by atomic mass is 32.2. The quantitative estimate of drug-likeness (QED) is 0.800. The van der Waals surface area contributed by atoms with Gasteiger partial charge < -0.3 is 0 Å². The lowest BCUT2D eigenvalue weighted by Crippen LogP contribution is -2.25. The van der Waals surface area contributed by atoms with E-state index < -0.39 is 0 Å². The average Bonchev–Trinajstić information content (AvgIpc) is 2.69. The van der Waals surface area contributed by atoms with Crippen LogP contribution in [-0.4, -0.2) is 11.7 Å². The van der Waals surface area contributed by atoms with Gasteiger partial charge in [0.2, 0.25) is 5.91 Å². The van der Waals surface area contributed by atoms with Crippen molar-refractivity contribution in [2.45, 2.75) is 33.6 Å². The van der Waals surface area contributed by atoms with Crippen LogP contribution < -0.4 is 4.90 Å². The van der Waals surface area contributed by atoms with Crippen LogP contribution in [-0.2, 0) is 4.79 Å². The summed E-state index contributed by atoms with van der Waals surface area (Å²) < 4.78 is 0. The predicted molar refractivity (Wildman–Crippen MR) is 79.0 cm³/mol. The van der Waals surface area contributed by atoms with Gasteiger partial charge in [-0.1, -0.05) is 43.8 Å². The Bertz CT molecular complexity index is 505. The van der Waals surface area contributed by atoms with Crippen LogP contribution in [0.3, 0.4) is 0 Å². The predicted octanol–water partition coefficient (Wildman–Crippen LogP) is 4.06. The first kappa shape index (κ1) is 13.2. The van der Waals surface area contributed by atoms with Crippen molar-refractivity contribution in [3.8, 4) is 0 Å². The van der Waals surface area contributed by atoms with Crippen LogP contribution in [0.5, 0.6) is 0 Å². The van der Waals surface area contributed by atoms with Crippen LogP contribution in [0.25, 0.3) is 0 Å². The first-order chi connectivity index (χ1) is 8.54. The second kappa shape index (κ2) is 5.19. The molecule has 0 N–H and O–H groups in total. The lowest BCUT2D eigenvalue weighted by atomic mass is 9.98. The molecule has 1 heterocycles. The molecule has 1 fully saturated rings. The SMILES string of the molecule is C/C=C1\SCC(=O)N1c1cc(C)ccc1C(C)C. The standard InChI is InChI=1S/C15H19NOS/c1-5-15-16(14(17)9-18-15)13-8-11(4)6-7-12(13)10(2)3/h5-8,10H,9H2,1-4H3/b15-5-. The van der Waals surface area contributed by atoms with Gasteiger partial charge in [0.15, 0.2) is 0 Å². The Kier molecular flexibility index (Phi) is 3.81. The third-order valence-corrected chi connectivity index (χ3v) is 4.21. The highest BCUT2D eigenvalue weighted by molar-refractivity contribution is 8.04. The molecule has 0 bridgehead atoms. The maximum Gasteiger partial charge on any atom is 0.242 e. The molecule has 18 heavy (non-hydrogen) atoms. The third-order valence-electron chi connectivity index (χ3n) is 3.11. The minimum Gasteiger partial charge on any atom is -0.274 e. The van der Waals surface area contributed by atoms with Crippen molar-refractivity contribution in [3.63, 3.8) is 0 Å². The van der Waals surface area contributed by atoms with Crippen molar-refractivity contribution in [2.24, 2.45) is 0 Å². The molecule has 2 nitrogen and oxygen atoms in total. The van der Waals surface area contributed by atoms with Crippen LogP contribution >= 0.6 is 11.8 Å². The van der Waals surface area contributed by atoms with E-state index >= 15 is 0 Å². The summed E-state index contributed by atoms with van der Waals surface area (Å²) in [6.45, 7) is 8.38. The van der Waals surface area contributed by atoms with E-state index in [2.05, 4.69) is 39.0 Å². The van der Waals surface area contributed by atoms with Gasteiger partial charge >= 0.3 is 0 Å². The number of benzene rings is 1. The van der Waals surface area contributed by atoms with Crippen LogP contribution in [0, 0.1) is 6.92 Å². The molecule has 0 spiro atoms. The Morgan fingerprint density at radius 2 is 2.11 bits per heavy atom. The summed E-state index contributed by atoms with van der Waals surface area (Å²) in [6.07, 6.45) is 2.02. The molecule has 0 radical (unpaired) electrons. The third kappa shape index (κ3) is 2.32. The number of carbonyl (C=O) groups is 1. The number of rotatable bonds is 2. The minimum atomic E-state index is 0.181. The van der Waals surface area contributed by atoms with E-state index in [4.69, 9.17) is 0 Å². The minimum absolute atomic E-state index is 0.181. The molecule has 1 aromatic rings. The van der Waals surface area contributed by atoms with Gasteiger partial charge in [0.05, 0.1) is 16.5 Å². The van der Waals surface area contributed by atoms with Crippen molar-refractivity contribution in [1.29, 1.82) is 0 Å². The monoisotopic (exact) mass is 261 g/mol. The molecule has 1 saturated heterocycles. The molecule has 2 rings (SSSR count). The molecule has 0 aliphatic carbocycles. The van der Waals surface area contributed by atoms with Crippen molar-refractivity contribution in [2.75, 3.05) is 10.7 Å². The summed E-state index contributed by atoms with van der Waals surface area (Å²) in [7, 11) is 0. The lowest BCUT2D eigenvalue weighted by Gasteiger charge is -2.23. The summed E-state index contributed by atoms with van der Waals surface area (Å²) in [4.78, 5) is 14.0. The first-order valence-electron chi connectivity index (χ1n) is 6.27. The summed E-state index contributed by atoms with van der Waals surface area (Å²) >= 11 is 1.62. The number of anilines is 1. The zero-order valence-corrected chi connectivity index (χ0v) is 12.2. The van der Waals surface area contributed by atoms with Gasteiger partial charge in [-0.15, -0.1) is 0 Å². The molecule has 3 heteroatoms. The number of amides is 1. The van der Waals surface area contributed by atoms with Crippen LogP contribution in [0.15, 0.2) is 29.3 Å². The average molecular weight is 261 g/mol. The van der Waals surface area contributed by atoms with Crippen LogP contribution in [0.1, 0.15) is 37.8 Å². The van der Waals surface area contributed by atoms with E-state index in [9.17, 15) is 4.79 Å². The van der Waals surface area contributed by atoms with Crippen molar-refractivity contribution in [1.82, 2.24) is 0 Å². The van der Waals surface area contributed by atoms with Gasteiger partial charge in [0, 0.05) is 0 Å². The molecule has 0 unspecified atom stereocenters. The van der Waals surface area contributed by atoms with Gasteiger partial charge in [-0.05, 0) is 37.0 Å².